The van der Waals surface area contributed by atoms with Crippen LogP contribution in [0, 0.1) is 0 Å². The van der Waals surface area contributed by atoms with Crippen LogP contribution in [-0.2, 0) is 20.7 Å². The van der Waals surface area contributed by atoms with E-state index < -0.39 is 18.1 Å². The molecule has 0 radical (unpaired) electrons. The Morgan fingerprint density at radius 2 is 1.51 bits per heavy atom. The minimum atomic E-state index is -1.04. The van der Waals surface area contributed by atoms with E-state index in [-0.39, 0.29) is 24.9 Å². The molecule has 0 aromatic heterocycles. The SMILES string of the molecule is CCC[C@H](NC(=O)Cc1ccc(NC(=O)OCC2c3ccccc3-c3ccccc32)cc1)C(=O)O. The molecule has 0 bridgehead atoms. The molecule has 3 aromatic rings. The zero-order valence-corrected chi connectivity index (χ0v) is 19.5. The van der Waals surface area contributed by atoms with E-state index in [1.165, 1.54) is 11.1 Å². The smallest absolute Gasteiger partial charge is 0.411 e. The molecule has 3 aromatic carbocycles. The number of hydrogen-bond acceptors (Lipinski definition) is 4. The molecule has 7 heteroatoms. The minimum Gasteiger partial charge on any atom is -0.480 e. The fourth-order valence-electron chi connectivity index (χ4n) is 4.44. The third-order valence-electron chi connectivity index (χ3n) is 6.12. The van der Waals surface area contributed by atoms with Crippen LogP contribution in [0.4, 0.5) is 10.5 Å². The van der Waals surface area contributed by atoms with Gasteiger partial charge in [0.15, 0.2) is 0 Å². The second-order valence-corrected chi connectivity index (χ2v) is 8.57. The fourth-order valence-corrected chi connectivity index (χ4v) is 4.44. The van der Waals surface area contributed by atoms with Crippen LogP contribution >= 0.6 is 0 Å². The molecule has 1 aliphatic rings. The van der Waals surface area contributed by atoms with Crippen LogP contribution in [0.1, 0.15) is 42.4 Å². The Labute approximate surface area is 204 Å². The van der Waals surface area contributed by atoms with Crippen LogP contribution in [0.15, 0.2) is 72.8 Å². The highest BCUT2D eigenvalue weighted by molar-refractivity contribution is 5.86. The number of hydrogen-bond donors (Lipinski definition) is 3. The average Bonchev–Trinajstić information content (AvgIpc) is 3.17. The number of nitrogens with one attached hydrogen (secondary N) is 2. The number of rotatable bonds is 9. The summed E-state index contributed by atoms with van der Waals surface area (Å²) in [5.74, 6) is -1.41. The zero-order valence-electron chi connectivity index (χ0n) is 19.5. The van der Waals surface area contributed by atoms with Crippen molar-refractivity contribution in [3.05, 3.63) is 89.5 Å². The van der Waals surface area contributed by atoms with Gasteiger partial charge in [-0.15, -0.1) is 0 Å². The molecule has 3 N–H and O–H groups in total. The van der Waals surface area contributed by atoms with Crippen molar-refractivity contribution in [3.63, 3.8) is 0 Å². The van der Waals surface area contributed by atoms with E-state index >= 15 is 0 Å². The van der Waals surface area contributed by atoms with E-state index in [0.29, 0.717) is 24.1 Å². The Morgan fingerprint density at radius 3 is 2.09 bits per heavy atom. The molecule has 0 aliphatic heterocycles. The van der Waals surface area contributed by atoms with Gasteiger partial charge in [-0.25, -0.2) is 9.59 Å². The molecule has 4 rings (SSSR count). The van der Waals surface area contributed by atoms with Crippen LogP contribution in [-0.4, -0.2) is 35.7 Å². The van der Waals surface area contributed by atoms with Crippen LogP contribution in [0.2, 0.25) is 0 Å². The molecule has 0 spiro atoms. The number of carboxylic acid groups (broad SMARTS) is 1. The van der Waals surface area contributed by atoms with E-state index in [9.17, 15) is 19.5 Å². The molecule has 1 aliphatic carbocycles. The summed E-state index contributed by atoms with van der Waals surface area (Å²) in [4.78, 5) is 35.9. The van der Waals surface area contributed by atoms with Crippen molar-refractivity contribution in [1.82, 2.24) is 5.32 Å². The third-order valence-corrected chi connectivity index (χ3v) is 6.12. The van der Waals surface area contributed by atoms with Gasteiger partial charge < -0.3 is 15.2 Å². The Morgan fingerprint density at radius 1 is 0.914 bits per heavy atom. The highest BCUT2D eigenvalue weighted by atomic mass is 16.5. The quantitative estimate of drug-likeness (QED) is 0.408. The van der Waals surface area contributed by atoms with Gasteiger partial charge in [0.2, 0.25) is 5.91 Å². The van der Waals surface area contributed by atoms with Crippen molar-refractivity contribution < 1.29 is 24.2 Å². The monoisotopic (exact) mass is 472 g/mol. The van der Waals surface area contributed by atoms with E-state index in [1.54, 1.807) is 24.3 Å². The number of benzene rings is 3. The molecule has 2 amide bonds. The van der Waals surface area contributed by atoms with Crippen LogP contribution in [0.25, 0.3) is 11.1 Å². The lowest BCUT2D eigenvalue weighted by atomic mass is 9.98. The fraction of sp³-hybridized carbons (Fsp3) is 0.250. The maximum Gasteiger partial charge on any atom is 0.411 e. The summed E-state index contributed by atoms with van der Waals surface area (Å²) < 4.78 is 5.56. The Hall–Kier alpha value is -4.13. The lowest BCUT2D eigenvalue weighted by Gasteiger charge is -2.15. The molecule has 1 atom stereocenters. The summed E-state index contributed by atoms with van der Waals surface area (Å²) in [6.45, 7) is 2.09. The number of fused-ring (bicyclic) bond motifs is 3. The van der Waals surface area contributed by atoms with E-state index in [0.717, 1.165) is 11.1 Å². The molecular weight excluding hydrogens is 444 g/mol. The first-order valence-electron chi connectivity index (χ1n) is 11.7. The number of carboxylic acids is 1. The van der Waals surface area contributed by atoms with Crippen molar-refractivity contribution in [2.75, 3.05) is 11.9 Å². The number of carbonyl (C=O) groups excluding carboxylic acids is 2. The van der Waals surface area contributed by atoms with Crippen molar-refractivity contribution >= 4 is 23.7 Å². The second kappa shape index (κ2) is 10.9. The molecule has 180 valence electrons. The molecule has 0 saturated heterocycles. The molecule has 0 heterocycles. The number of ether oxygens (including phenoxy) is 1. The molecule has 0 fully saturated rings. The lowest BCUT2D eigenvalue weighted by molar-refractivity contribution is -0.141. The van der Waals surface area contributed by atoms with Crippen molar-refractivity contribution in [3.8, 4) is 11.1 Å². The zero-order chi connectivity index (χ0) is 24.8. The summed E-state index contributed by atoms with van der Waals surface area (Å²) in [7, 11) is 0. The van der Waals surface area contributed by atoms with E-state index in [4.69, 9.17) is 4.74 Å². The number of amides is 2. The maximum absolute atomic E-state index is 12.4. The van der Waals surface area contributed by atoms with Gasteiger partial charge in [-0.05, 0) is 46.4 Å². The average molecular weight is 473 g/mol. The molecule has 0 saturated carbocycles. The van der Waals surface area contributed by atoms with Crippen molar-refractivity contribution in [2.24, 2.45) is 0 Å². The minimum absolute atomic E-state index is 0.0172. The maximum atomic E-state index is 12.4. The number of carbonyl (C=O) groups is 3. The summed E-state index contributed by atoms with van der Waals surface area (Å²) >= 11 is 0. The summed E-state index contributed by atoms with van der Waals surface area (Å²) in [6, 6.07) is 22.2. The van der Waals surface area contributed by atoms with E-state index in [2.05, 4.69) is 34.9 Å². The normalized spacial score (nSPS) is 12.8. The van der Waals surface area contributed by atoms with Crippen LogP contribution in [0.3, 0.4) is 0 Å². The second-order valence-electron chi connectivity index (χ2n) is 8.57. The Bertz CT molecular complexity index is 1180. The van der Waals surface area contributed by atoms with Crippen LogP contribution in [0.5, 0.6) is 0 Å². The molecule has 0 unspecified atom stereocenters. The molecule has 7 nitrogen and oxygen atoms in total. The Balaban J connectivity index is 1.31. The van der Waals surface area contributed by atoms with Gasteiger partial charge in [0, 0.05) is 11.6 Å². The lowest BCUT2D eigenvalue weighted by Crippen LogP contribution is -2.41. The van der Waals surface area contributed by atoms with Gasteiger partial charge in [-0.2, -0.15) is 0 Å². The van der Waals surface area contributed by atoms with Gasteiger partial charge in [0.1, 0.15) is 12.6 Å². The highest BCUT2D eigenvalue weighted by Crippen LogP contribution is 2.44. The Kier molecular flexibility index (Phi) is 7.45. The molecular formula is C28H28N2O5. The van der Waals surface area contributed by atoms with E-state index in [1.807, 2.05) is 31.2 Å². The topological polar surface area (TPSA) is 105 Å². The first-order valence-corrected chi connectivity index (χ1v) is 11.7. The van der Waals surface area contributed by atoms with Crippen LogP contribution < -0.4 is 10.6 Å². The van der Waals surface area contributed by atoms with Gasteiger partial charge in [0.05, 0.1) is 6.42 Å². The number of anilines is 1. The first-order chi connectivity index (χ1) is 17.0. The van der Waals surface area contributed by atoms with Gasteiger partial charge in [0.25, 0.3) is 0 Å². The molecule has 35 heavy (non-hydrogen) atoms. The third kappa shape index (κ3) is 5.69. The first kappa shape index (κ1) is 24.0. The standard InChI is InChI=1S/C28H28N2O5/c1-2-7-25(27(32)33)30-26(31)16-18-12-14-19(15-13-18)29-28(34)35-17-24-22-10-5-3-8-20(22)21-9-4-6-11-23(21)24/h3-6,8-15,24-25H,2,7,16-17H2,1H3,(H,29,34)(H,30,31)(H,32,33)/t25-/m0/s1. The largest absolute Gasteiger partial charge is 0.480 e. The van der Waals surface area contributed by atoms with Crippen molar-refractivity contribution in [2.45, 2.75) is 38.1 Å². The highest BCUT2D eigenvalue weighted by Gasteiger charge is 2.29. The predicted octanol–water partition coefficient (Wildman–Crippen LogP) is 4.96. The predicted molar refractivity (Wildman–Crippen MR) is 133 cm³/mol. The number of aliphatic carboxylic acids is 1. The van der Waals surface area contributed by atoms with Gasteiger partial charge in [-0.3, -0.25) is 10.1 Å². The van der Waals surface area contributed by atoms with Crippen molar-refractivity contribution in [1.29, 1.82) is 0 Å². The van der Waals surface area contributed by atoms with Gasteiger partial charge >= 0.3 is 12.1 Å². The summed E-state index contributed by atoms with van der Waals surface area (Å²) in [5.41, 5.74) is 5.88. The van der Waals surface area contributed by atoms with Gasteiger partial charge in [-0.1, -0.05) is 74.0 Å². The summed E-state index contributed by atoms with van der Waals surface area (Å²) in [6.07, 6.45) is 0.539. The summed E-state index contributed by atoms with van der Waals surface area (Å²) in [5, 5.41) is 14.4.